The molecule has 7 heteroatoms. The van der Waals surface area contributed by atoms with E-state index in [0.717, 1.165) is 15.8 Å². The molecule has 0 aliphatic heterocycles. The zero-order valence-corrected chi connectivity index (χ0v) is 16.9. The minimum Gasteiger partial charge on any atom is -0.481 e. The molecule has 0 aliphatic carbocycles. The van der Waals surface area contributed by atoms with Crippen LogP contribution in [0.1, 0.15) is 15.9 Å². The monoisotopic (exact) mass is 418 g/mol. The minimum atomic E-state index is -1.08. The molecular formula is C23H18N2O4S. The fraction of sp³-hybridized carbons (Fsp3) is 0.0870. The molecule has 0 unspecified atom stereocenters. The molecule has 4 aromatic rings. The highest BCUT2D eigenvalue weighted by molar-refractivity contribution is 7.21. The number of benzene rings is 3. The number of nitrogens with one attached hydrogen (secondary N) is 1. The second-order valence-corrected chi connectivity index (χ2v) is 7.73. The molecule has 0 saturated heterocycles. The molecule has 150 valence electrons. The summed E-state index contributed by atoms with van der Waals surface area (Å²) in [6.07, 6.45) is 0. The lowest BCUT2D eigenvalue weighted by Gasteiger charge is -2.12. The van der Waals surface area contributed by atoms with Gasteiger partial charge in [-0.25, -0.2) is 9.78 Å². The van der Waals surface area contributed by atoms with Gasteiger partial charge < -0.3 is 15.2 Å². The number of amides is 1. The molecule has 0 atom stereocenters. The first-order valence-electron chi connectivity index (χ1n) is 9.22. The van der Waals surface area contributed by atoms with E-state index in [1.165, 1.54) is 11.3 Å². The number of carbonyl (C=O) groups excluding carboxylic acids is 1. The van der Waals surface area contributed by atoms with Crippen LogP contribution in [0.25, 0.3) is 20.8 Å². The molecule has 1 aromatic heterocycles. The largest absolute Gasteiger partial charge is 0.481 e. The highest BCUT2D eigenvalue weighted by Gasteiger charge is 2.15. The fourth-order valence-corrected chi connectivity index (χ4v) is 3.93. The maximum atomic E-state index is 12.5. The van der Waals surface area contributed by atoms with Crippen LogP contribution in [-0.4, -0.2) is 28.6 Å². The second-order valence-electron chi connectivity index (χ2n) is 6.70. The van der Waals surface area contributed by atoms with Gasteiger partial charge in [0.2, 0.25) is 0 Å². The lowest BCUT2D eigenvalue weighted by molar-refractivity contribution is -0.139. The van der Waals surface area contributed by atoms with Crippen molar-refractivity contribution in [1.82, 2.24) is 4.98 Å². The Morgan fingerprint density at radius 2 is 1.83 bits per heavy atom. The van der Waals surface area contributed by atoms with E-state index in [1.807, 2.05) is 43.3 Å². The van der Waals surface area contributed by atoms with Crippen LogP contribution < -0.4 is 10.1 Å². The number of anilines is 1. The summed E-state index contributed by atoms with van der Waals surface area (Å²) in [5.74, 6) is -0.996. The fourth-order valence-electron chi connectivity index (χ4n) is 2.93. The number of aromatic nitrogens is 1. The van der Waals surface area contributed by atoms with Gasteiger partial charge in [0.1, 0.15) is 10.8 Å². The third-order valence-corrected chi connectivity index (χ3v) is 5.50. The van der Waals surface area contributed by atoms with Crippen LogP contribution in [-0.2, 0) is 4.79 Å². The van der Waals surface area contributed by atoms with Gasteiger partial charge in [-0.1, -0.05) is 29.8 Å². The average Bonchev–Trinajstić information content (AvgIpc) is 3.16. The van der Waals surface area contributed by atoms with Crippen molar-refractivity contribution < 1.29 is 19.4 Å². The summed E-state index contributed by atoms with van der Waals surface area (Å²) in [4.78, 5) is 28.2. The molecule has 1 amide bonds. The van der Waals surface area contributed by atoms with Gasteiger partial charge >= 0.3 is 5.97 Å². The van der Waals surface area contributed by atoms with E-state index in [-0.39, 0.29) is 5.91 Å². The number of rotatable bonds is 6. The van der Waals surface area contributed by atoms with Gasteiger partial charge in [-0.3, -0.25) is 4.79 Å². The second kappa shape index (κ2) is 8.34. The molecule has 6 nitrogen and oxygen atoms in total. The summed E-state index contributed by atoms with van der Waals surface area (Å²) in [5, 5.41) is 12.6. The lowest BCUT2D eigenvalue weighted by Crippen LogP contribution is -2.13. The SMILES string of the molecule is Cc1ccc(C(=O)Nc2ccc(-c3nc4ccccc4s3)c(OCC(=O)O)c2)cc1. The number of fused-ring (bicyclic) bond motifs is 1. The number of aliphatic carboxylic acids is 1. The number of carboxylic acid groups (broad SMARTS) is 1. The Bertz CT molecular complexity index is 1200. The number of ether oxygens (including phenoxy) is 1. The summed E-state index contributed by atoms with van der Waals surface area (Å²) in [5.41, 5.74) is 3.63. The van der Waals surface area contributed by atoms with Gasteiger partial charge in [0.25, 0.3) is 5.91 Å². The normalized spacial score (nSPS) is 10.7. The summed E-state index contributed by atoms with van der Waals surface area (Å²) >= 11 is 1.49. The Balaban J connectivity index is 1.66. The van der Waals surface area contributed by atoms with Crippen LogP contribution in [0.4, 0.5) is 5.69 Å². The summed E-state index contributed by atoms with van der Waals surface area (Å²) in [7, 11) is 0. The van der Waals surface area contributed by atoms with Gasteiger partial charge in [-0.05, 0) is 43.3 Å². The molecule has 1 heterocycles. The van der Waals surface area contributed by atoms with Crippen molar-refractivity contribution in [3.63, 3.8) is 0 Å². The number of hydrogen-bond acceptors (Lipinski definition) is 5. The van der Waals surface area contributed by atoms with Crippen LogP contribution in [0, 0.1) is 6.92 Å². The molecule has 0 fully saturated rings. The molecule has 0 spiro atoms. The number of thiazole rings is 1. The average molecular weight is 418 g/mol. The van der Waals surface area contributed by atoms with E-state index in [1.54, 1.807) is 30.3 Å². The molecule has 0 bridgehead atoms. The zero-order valence-electron chi connectivity index (χ0n) is 16.1. The van der Waals surface area contributed by atoms with Gasteiger partial charge in [0.15, 0.2) is 6.61 Å². The third kappa shape index (κ3) is 4.31. The number of carbonyl (C=O) groups is 2. The van der Waals surface area contributed by atoms with Crippen molar-refractivity contribution in [2.45, 2.75) is 6.92 Å². The van der Waals surface area contributed by atoms with Crippen molar-refractivity contribution in [1.29, 1.82) is 0 Å². The predicted octanol–water partition coefficient (Wildman–Crippen LogP) is 4.99. The standard InChI is InChI=1S/C23H18N2O4S/c1-14-6-8-15(9-7-14)22(28)24-16-10-11-17(19(12-16)29-13-21(26)27)23-25-18-4-2-3-5-20(18)30-23/h2-12H,13H2,1H3,(H,24,28)(H,26,27). The number of carboxylic acids is 1. The van der Waals surface area contributed by atoms with Gasteiger partial charge in [-0.2, -0.15) is 0 Å². The van der Waals surface area contributed by atoms with Crippen LogP contribution in [0.3, 0.4) is 0 Å². The lowest BCUT2D eigenvalue weighted by atomic mass is 10.1. The predicted molar refractivity (Wildman–Crippen MR) is 117 cm³/mol. The van der Waals surface area contributed by atoms with Crippen molar-refractivity contribution in [2.24, 2.45) is 0 Å². The van der Waals surface area contributed by atoms with Crippen molar-refractivity contribution >= 4 is 39.1 Å². The smallest absolute Gasteiger partial charge is 0.341 e. The minimum absolute atomic E-state index is 0.257. The number of hydrogen-bond donors (Lipinski definition) is 2. The van der Waals surface area contributed by atoms with E-state index >= 15 is 0 Å². The first-order chi connectivity index (χ1) is 14.5. The molecule has 2 N–H and O–H groups in total. The number of aryl methyl sites for hydroxylation is 1. The summed E-state index contributed by atoms with van der Waals surface area (Å²) in [6, 6.07) is 20.1. The van der Waals surface area contributed by atoms with Gasteiger partial charge in [-0.15, -0.1) is 11.3 Å². The molecule has 30 heavy (non-hydrogen) atoms. The van der Waals surface area contributed by atoms with Crippen LogP contribution in [0.2, 0.25) is 0 Å². The topological polar surface area (TPSA) is 88.5 Å². The Kier molecular flexibility index (Phi) is 5.45. The third-order valence-electron chi connectivity index (χ3n) is 4.43. The van der Waals surface area contributed by atoms with Gasteiger partial charge in [0, 0.05) is 17.3 Å². The summed E-state index contributed by atoms with van der Waals surface area (Å²) < 4.78 is 6.53. The van der Waals surface area contributed by atoms with E-state index in [4.69, 9.17) is 9.84 Å². The van der Waals surface area contributed by atoms with E-state index < -0.39 is 12.6 Å². The molecule has 0 aliphatic rings. The maximum Gasteiger partial charge on any atom is 0.341 e. The molecule has 0 saturated carbocycles. The number of para-hydroxylation sites is 1. The molecule has 4 rings (SSSR count). The highest BCUT2D eigenvalue weighted by atomic mass is 32.1. The Labute approximate surface area is 176 Å². The molecular weight excluding hydrogens is 400 g/mol. The van der Waals surface area contributed by atoms with Crippen LogP contribution in [0.15, 0.2) is 66.7 Å². The quantitative estimate of drug-likeness (QED) is 0.461. The number of nitrogens with zero attached hydrogens (tertiary/aromatic N) is 1. The summed E-state index contributed by atoms with van der Waals surface area (Å²) in [6.45, 7) is 1.46. The van der Waals surface area contributed by atoms with Crippen molar-refractivity contribution in [2.75, 3.05) is 11.9 Å². The first-order valence-corrected chi connectivity index (χ1v) is 10.0. The van der Waals surface area contributed by atoms with Gasteiger partial charge in [0.05, 0.1) is 15.8 Å². The van der Waals surface area contributed by atoms with E-state index in [9.17, 15) is 9.59 Å². The van der Waals surface area contributed by atoms with Crippen molar-refractivity contribution in [3.05, 3.63) is 77.9 Å². The maximum absolute atomic E-state index is 12.5. The molecule has 0 radical (unpaired) electrons. The highest BCUT2D eigenvalue weighted by Crippen LogP contribution is 2.37. The van der Waals surface area contributed by atoms with E-state index in [2.05, 4.69) is 10.3 Å². The van der Waals surface area contributed by atoms with Crippen molar-refractivity contribution in [3.8, 4) is 16.3 Å². The van der Waals surface area contributed by atoms with Crippen LogP contribution in [0.5, 0.6) is 5.75 Å². The Hall–Kier alpha value is -3.71. The van der Waals surface area contributed by atoms with E-state index in [0.29, 0.717) is 27.6 Å². The Morgan fingerprint density at radius 1 is 1.07 bits per heavy atom. The Morgan fingerprint density at radius 3 is 2.57 bits per heavy atom. The molecule has 3 aromatic carbocycles. The van der Waals surface area contributed by atoms with Crippen LogP contribution >= 0.6 is 11.3 Å². The first kappa shape index (κ1) is 19.6. The zero-order chi connectivity index (χ0) is 21.1.